The maximum absolute atomic E-state index is 5.64. The van der Waals surface area contributed by atoms with Gasteiger partial charge in [0.25, 0.3) is 0 Å². The van der Waals surface area contributed by atoms with Gasteiger partial charge in [-0.3, -0.25) is 0 Å². The molecule has 0 bridgehead atoms. The predicted octanol–water partition coefficient (Wildman–Crippen LogP) is 2.71. The molecule has 1 N–H and O–H groups in total. The zero-order chi connectivity index (χ0) is 19.5. The van der Waals surface area contributed by atoms with E-state index in [1.165, 1.54) is 5.69 Å². The summed E-state index contributed by atoms with van der Waals surface area (Å²) in [6.45, 7) is 4.69. The number of ether oxygens (including phenoxy) is 2. The summed E-state index contributed by atoms with van der Waals surface area (Å²) in [5.74, 6) is 2.79. The molecule has 5 rings (SSSR count). The number of hydrogen-bond acceptors (Lipinski definition) is 8. The average Bonchev–Trinajstić information content (AvgIpc) is 2.80. The molecular weight excluding hydrogens is 368 g/mol. The molecule has 3 heterocycles. The SMILES string of the molecule is c1ccc(N2CCN(c3nncc(Nc4ccc5c(c4)OCCO5)n3)CC2)cc1. The van der Waals surface area contributed by atoms with E-state index in [1.54, 1.807) is 6.20 Å². The maximum Gasteiger partial charge on any atom is 0.247 e. The molecule has 0 saturated carbocycles. The zero-order valence-electron chi connectivity index (χ0n) is 16.0. The van der Waals surface area contributed by atoms with Gasteiger partial charge in [-0.2, -0.15) is 10.1 Å². The first kappa shape index (κ1) is 17.5. The maximum atomic E-state index is 5.64. The van der Waals surface area contributed by atoms with Gasteiger partial charge in [0, 0.05) is 43.6 Å². The molecule has 1 aromatic heterocycles. The quantitative estimate of drug-likeness (QED) is 0.729. The van der Waals surface area contributed by atoms with Crippen LogP contribution in [0.2, 0.25) is 0 Å². The molecule has 148 valence electrons. The lowest BCUT2D eigenvalue weighted by Gasteiger charge is -2.35. The van der Waals surface area contributed by atoms with Crippen molar-refractivity contribution in [3.8, 4) is 11.5 Å². The molecule has 0 radical (unpaired) electrons. The van der Waals surface area contributed by atoms with Crippen molar-refractivity contribution in [2.24, 2.45) is 0 Å². The van der Waals surface area contributed by atoms with Gasteiger partial charge in [-0.1, -0.05) is 18.2 Å². The Morgan fingerprint density at radius 1 is 0.828 bits per heavy atom. The Morgan fingerprint density at radius 2 is 1.59 bits per heavy atom. The molecule has 29 heavy (non-hydrogen) atoms. The topological polar surface area (TPSA) is 75.6 Å². The third-order valence-corrected chi connectivity index (χ3v) is 5.05. The molecule has 2 aliphatic rings. The van der Waals surface area contributed by atoms with Crippen LogP contribution in [0.5, 0.6) is 11.5 Å². The Hall–Kier alpha value is -3.55. The number of aromatic nitrogens is 3. The highest BCUT2D eigenvalue weighted by Gasteiger charge is 2.20. The Balaban J connectivity index is 1.26. The summed E-state index contributed by atoms with van der Waals surface area (Å²) in [6.07, 6.45) is 1.63. The number of hydrogen-bond donors (Lipinski definition) is 1. The normalized spacial score (nSPS) is 15.9. The highest BCUT2D eigenvalue weighted by Crippen LogP contribution is 2.33. The average molecular weight is 390 g/mol. The van der Waals surface area contributed by atoms with Crippen LogP contribution in [0.1, 0.15) is 0 Å². The van der Waals surface area contributed by atoms with E-state index in [2.05, 4.69) is 54.6 Å². The van der Waals surface area contributed by atoms with Gasteiger partial charge in [-0.25, -0.2) is 0 Å². The number of nitrogens with zero attached hydrogens (tertiary/aromatic N) is 5. The minimum Gasteiger partial charge on any atom is -0.486 e. The van der Waals surface area contributed by atoms with Crippen LogP contribution in [-0.2, 0) is 0 Å². The van der Waals surface area contributed by atoms with Crippen LogP contribution < -0.4 is 24.6 Å². The van der Waals surface area contributed by atoms with E-state index in [4.69, 9.17) is 9.47 Å². The van der Waals surface area contributed by atoms with E-state index in [0.717, 1.165) is 43.4 Å². The fraction of sp³-hybridized carbons (Fsp3) is 0.286. The molecule has 2 aliphatic heterocycles. The molecule has 0 aliphatic carbocycles. The molecule has 0 atom stereocenters. The summed E-state index contributed by atoms with van der Waals surface area (Å²) in [5, 5.41) is 11.7. The number of piperazine rings is 1. The third-order valence-electron chi connectivity index (χ3n) is 5.05. The van der Waals surface area contributed by atoms with Crippen molar-refractivity contribution in [2.45, 2.75) is 0 Å². The van der Waals surface area contributed by atoms with E-state index < -0.39 is 0 Å². The summed E-state index contributed by atoms with van der Waals surface area (Å²) < 4.78 is 11.2. The lowest BCUT2D eigenvalue weighted by Crippen LogP contribution is -2.47. The number of benzene rings is 2. The van der Waals surface area contributed by atoms with E-state index in [9.17, 15) is 0 Å². The van der Waals surface area contributed by atoms with E-state index in [1.807, 2.05) is 24.3 Å². The van der Waals surface area contributed by atoms with E-state index >= 15 is 0 Å². The monoisotopic (exact) mass is 390 g/mol. The molecular formula is C21H22N6O2. The van der Waals surface area contributed by atoms with E-state index in [0.29, 0.717) is 25.0 Å². The minimum atomic E-state index is 0.560. The van der Waals surface area contributed by atoms with Gasteiger partial charge in [0.2, 0.25) is 5.95 Å². The Morgan fingerprint density at radius 3 is 2.41 bits per heavy atom. The van der Waals surface area contributed by atoms with Crippen LogP contribution in [0.25, 0.3) is 0 Å². The molecule has 0 unspecified atom stereocenters. The van der Waals surface area contributed by atoms with Gasteiger partial charge in [0.15, 0.2) is 17.3 Å². The first-order chi connectivity index (χ1) is 14.3. The number of anilines is 4. The summed E-state index contributed by atoms with van der Waals surface area (Å²) in [4.78, 5) is 9.20. The first-order valence-corrected chi connectivity index (χ1v) is 9.76. The molecule has 8 nitrogen and oxygen atoms in total. The van der Waals surface area contributed by atoms with E-state index in [-0.39, 0.29) is 0 Å². The van der Waals surface area contributed by atoms with Crippen molar-refractivity contribution < 1.29 is 9.47 Å². The van der Waals surface area contributed by atoms with Crippen LogP contribution in [0.4, 0.5) is 23.1 Å². The number of nitrogens with one attached hydrogen (secondary N) is 1. The van der Waals surface area contributed by atoms with Crippen molar-refractivity contribution in [2.75, 3.05) is 54.5 Å². The summed E-state index contributed by atoms with van der Waals surface area (Å²) >= 11 is 0. The molecule has 2 aromatic carbocycles. The smallest absolute Gasteiger partial charge is 0.247 e. The van der Waals surface area contributed by atoms with Gasteiger partial charge < -0.3 is 24.6 Å². The van der Waals surface area contributed by atoms with Gasteiger partial charge in [-0.05, 0) is 24.3 Å². The Labute approximate surface area is 169 Å². The van der Waals surface area contributed by atoms with Crippen molar-refractivity contribution in [3.05, 3.63) is 54.7 Å². The third kappa shape index (κ3) is 3.87. The number of rotatable bonds is 4. The van der Waals surface area contributed by atoms with Crippen molar-refractivity contribution in [1.29, 1.82) is 0 Å². The van der Waals surface area contributed by atoms with Crippen LogP contribution in [0.15, 0.2) is 54.7 Å². The standard InChI is InChI=1S/C21H22N6O2/c1-2-4-17(5-3-1)26-8-10-27(11-9-26)21-24-20(15-22-25-21)23-16-6-7-18-19(14-16)29-13-12-28-18/h1-7,14-15H,8-13H2,(H,23,24,25). The van der Waals surface area contributed by atoms with Crippen LogP contribution >= 0.6 is 0 Å². The zero-order valence-corrected chi connectivity index (χ0v) is 16.0. The van der Waals surface area contributed by atoms with Crippen LogP contribution in [-0.4, -0.2) is 54.6 Å². The minimum absolute atomic E-state index is 0.560. The molecule has 1 saturated heterocycles. The van der Waals surface area contributed by atoms with Gasteiger partial charge >= 0.3 is 0 Å². The molecule has 1 fully saturated rings. The number of fused-ring (bicyclic) bond motifs is 1. The van der Waals surface area contributed by atoms with Crippen LogP contribution in [0, 0.1) is 0 Å². The molecule has 0 spiro atoms. The largest absolute Gasteiger partial charge is 0.486 e. The predicted molar refractivity (Wildman–Crippen MR) is 111 cm³/mol. The molecule has 8 heteroatoms. The Kier molecular flexibility index (Phi) is 4.73. The Bertz CT molecular complexity index is 976. The second-order valence-electron chi connectivity index (χ2n) is 6.93. The first-order valence-electron chi connectivity index (χ1n) is 9.76. The fourth-order valence-corrected chi connectivity index (χ4v) is 3.56. The highest BCUT2D eigenvalue weighted by atomic mass is 16.6. The van der Waals surface area contributed by atoms with Crippen LogP contribution in [0.3, 0.4) is 0 Å². The highest BCUT2D eigenvalue weighted by molar-refractivity contribution is 5.61. The van der Waals surface area contributed by atoms with Gasteiger partial charge in [0.05, 0.1) is 6.20 Å². The van der Waals surface area contributed by atoms with Crippen molar-refractivity contribution >= 4 is 23.1 Å². The summed E-state index contributed by atoms with van der Waals surface area (Å²) in [6, 6.07) is 16.2. The van der Waals surface area contributed by atoms with Gasteiger partial charge in [0.1, 0.15) is 13.2 Å². The summed E-state index contributed by atoms with van der Waals surface area (Å²) in [7, 11) is 0. The fourth-order valence-electron chi connectivity index (χ4n) is 3.56. The second-order valence-corrected chi connectivity index (χ2v) is 6.93. The van der Waals surface area contributed by atoms with Gasteiger partial charge in [-0.15, -0.1) is 5.10 Å². The van der Waals surface area contributed by atoms with Crippen molar-refractivity contribution in [1.82, 2.24) is 15.2 Å². The molecule has 3 aromatic rings. The number of para-hydroxylation sites is 1. The lowest BCUT2D eigenvalue weighted by molar-refractivity contribution is 0.171. The van der Waals surface area contributed by atoms with Crippen molar-refractivity contribution in [3.63, 3.8) is 0 Å². The molecule has 0 amide bonds. The lowest BCUT2D eigenvalue weighted by atomic mass is 10.2. The second kappa shape index (κ2) is 7.83. The summed E-state index contributed by atoms with van der Waals surface area (Å²) in [5.41, 5.74) is 2.12.